The Morgan fingerprint density at radius 3 is 1.70 bits per heavy atom. The summed E-state index contributed by atoms with van der Waals surface area (Å²) in [6.07, 6.45) is -0.468. The third-order valence-electron chi connectivity index (χ3n) is 13.7. The van der Waals surface area contributed by atoms with Crippen LogP contribution in [0.15, 0.2) is 234 Å². The Morgan fingerprint density at radius 1 is 0.348 bits per heavy atom. The molecule has 0 radical (unpaired) electrons. The summed E-state index contributed by atoms with van der Waals surface area (Å²) in [7, 11) is 0. The first-order valence-electron chi connectivity index (χ1n) is 22.6. The van der Waals surface area contributed by atoms with Gasteiger partial charge in [0.2, 0.25) is 0 Å². The summed E-state index contributed by atoms with van der Waals surface area (Å²) in [5.74, 6) is 1.48. The number of amidine groups is 2. The van der Waals surface area contributed by atoms with Crippen molar-refractivity contribution in [1.29, 1.82) is 0 Å². The lowest BCUT2D eigenvalue weighted by molar-refractivity contribution is 0.672. The number of fused-ring (bicyclic) bond motifs is 11. The van der Waals surface area contributed by atoms with Gasteiger partial charge in [0.15, 0.2) is 5.84 Å². The number of aromatic nitrogens is 2. The number of nitrogens with zero attached hydrogens (tertiary/aromatic N) is 4. The highest BCUT2D eigenvalue weighted by molar-refractivity contribution is 6.18. The Bertz CT molecular complexity index is 4160. The van der Waals surface area contributed by atoms with Crippen molar-refractivity contribution in [2.75, 3.05) is 0 Å². The molecule has 0 fully saturated rings. The van der Waals surface area contributed by atoms with Crippen molar-refractivity contribution < 1.29 is 0 Å². The van der Waals surface area contributed by atoms with E-state index in [9.17, 15) is 0 Å². The molecule has 0 saturated carbocycles. The fourth-order valence-corrected chi connectivity index (χ4v) is 10.6. The van der Waals surface area contributed by atoms with Crippen LogP contribution >= 0.6 is 0 Å². The molecule has 1 aliphatic heterocycles. The minimum Gasteiger partial charge on any atom is -0.344 e. The van der Waals surface area contributed by atoms with E-state index in [-0.39, 0.29) is 0 Å². The highest BCUT2D eigenvalue weighted by Crippen LogP contribution is 2.42. The molecule has 1 aliphatic rings. The summed E-state index contributed by atoms with van der Waals surface area (Å²) < 4.78 is 4.91. The zero-order valence-corrected chi connectivity index (χ0v) is 35.7. The first kappa shape index (κ1) is 36.7. The van der Waals surface area contributed by atoms with Crippen LogP contribution in [0.1, 0.15) is 22.9 Å². The molecule has 1 atom stereocenters. The van der Waals surface area contributed by atoms with E-state index in [0.29, 0.717) is 5.84 Å². The molecule has 5 heteroatoms. The van der Waals surface area contributed by atoms with Crippen molar-refractivity contribution in [3.63, 3.8) is 0 Å². The lowest BCUT2D eigenvalue weighted by atomic mass is 9.98. The number of para-hydroxylation sites is 2. The topological polar surface area (TPSA) is 46.6 Å². The van der Waals surface area contributed by atoms with E-state index in [1.165, 1.54) is 64.9 Å². The molecule has 0 saturated heterocycles. The maximum atomic E-state index is 5.50. The average molecular weight is 842 g/mol. The standard InChI is InChI=1S/C61H39N5/c1-2-16-40(17-3-1)59-62-60(44-29-31-47-43(34-44)27-26-38-14-6-8-20-46(38)47)64-61(63-59)51-32-28-39-15-7-9-21-48(39)58(51)66-56-33-30-45(37-53(56)52-35-41-18-4-5-19-42(41)36-57(52)66)65-54-24-12-10-22-49(54)50-23-11-13-25-55(50)65/h1-37,61H,(H,62,63,64). The van der Waals surface area contributed by atoms with Crippen LogP contribution < -0.4 is 5.32 Å². The molecule has 308 valence electrons. The molecule has 3 heterocycles. The zero-order valence-electron chi connectivity index (χ0n) is 35.7. The molecule has 1 unspecified atom stereocenters. The van der Waals surface area contributed by atoms with Crippen molar-refractivity contribution in [3.8, 4) is 11.4 Å². The Morgan fingerprint density at radius 2 is 0.924 bits per heavy atom. The predicted octanol–water partition coefficient (Wildman–Crippen LogP) is 15.0. The van der Waals surface area contributed by atoms with Crippen molar-refractivity contribution >= 4 is 98.4 Å². The van der Waals surface area contributed by atoms with Crippen LogP contribution in [0.4, 0.5) is 0 Å². The first-order chi connectivity index (χ1) is 32.7. The van der Waals surface area contributed by atoms with Crippen LogP contribution in [0.25, 0.3) is 98.1 Å². The number of nitrogens with one attached hydrogen (secondary N) is 1. The second-order valence-corrected chi connectivity index (χ2v) is 17.4. The van der Waals surface area contributed by atoms with E-state index in [1.807, 2.05) is 6.07 Å². The monoisotopic (exact) mass is 841 g/mol. The van der Waals surface area contributed by atoms with Crippen LogP contribution in [0.3, 0.4) is 0 Å². The van der Waals surface area contributed by atoms with Gasteiger partial charge in [-0.25, -0.2) is 9.98 Å². The van der Waals surface area contributed by atoms with Gasteiger partial charge < -0.3 is 14.5 Å². The van der Waals surface area contributed by atoms with E-state index in [2.05, 4.69) is 233 Å². The molecule has 0 amide bonds. The molecule has 14 rings (SSSR count). The molecule has 0 spiro atoms. The van der Waals surface area contributed by atoms with Crippen LogP contribution in [-0.4, -0.2) is 20.8 Å². The third-order valence-corrected chi connectivity index (χ3v) is 13.7. The van der Waals surface area contributed by atoms with E-state index in [0.717, 1.165) is 55.7 Å². The zero-order chi connectivity index (χ0) is 43.3. The molecule has 13 aromatic rings. The molecule has 1 N–H and O–H groups in total. The van der Waals surface area contributed by atoms with Gasteiger partial charge in [0.1, 0.15) is 12.0 Å². The number of rotatable bonds is 5. The fourth-order valence-electron chi connectivity index (χ4n) is 10.6. The van der Waals surface area contributed by atoms with E-state index in [4.69, 9.17) is 9.98 Å². The summed E-state index contributed by atoms with van der Waals surface area (Å²) in [5, 5.41) is 18.3. The minimum atomic E-state index is -0.468. The molecule has 0 aliphatic carbocycles. The molecule has 11 aromatic carbocycles. The van der Waals surface area contributed by atoms with Gasteiger partial charge in [-0.15, -0.1) is 0 Å². The van der Waals surface area contributed by atoms with Gasteiger partial charge in [-0.2, -0.15) is 0 Å². The quantitative estimate of drug-likeness (QED) is 0.172. The maximum Gasteiger partial charge on any atom is 0.159 e. The summed E-state index contributed by atoms with van der Waals surface area (Å²) in [5.41, 5.74) is 9.90. The summed E-state index contributed by atoms with van der Waals surface area (Å²) in [6.45, 7) is 0. The van der Waals surface area contributed by atoms with E-state index in [1.54, 1.807) is 0 Å². The molecular weight excluding hydrogens is 803 g/mol. The Hall–Kier alpha value is -8.80. The van der Waals surface area contributed by atoms with Gasteiger partial charge in [0.25, 0.3) is 0 Å². The smallest absolute Gasteiger partial charge is 0.159 e. The SMILES string of the molecule is c1ccc(C2=NC(c3ccc4ccccc4c3-n3c4ccc(-n5c6ccccc6c6ccccc65)cc4c4cc5ccccc5cc43)NC(c3ccc4c(ccc5ccccc54)c3)=N2)cc1. The highest BCUT2D eigenvalue weighted by Gasteiger charge is 2.27. The Labute approximate surface area is 379 Å². The van der Waals surface area contributed by atoms with Gasteiger partial charge in [-0.3, -0.25) is 0 Å². The van der Waals surface area contributed by atoms with Crippen LogP contribution in [-0.2, 0) is 0 Å². The highest BCUT2D eigenvalue weighted by atomic mass is 15.2. The molecule has 2 aromatic heterocycles. The third kappa shape index (κ3) is 5.60. The van der Waals surface area contributed by atoms with E-state index >= 15 is 0 Å². The van der Waals surface area contributed by atoms with Gasteiger partial charge in [-0.05, 0) is 86.2 Å². The normalized spacial score (nSPS) is 14.2. The summed E-state index contributed by atoms with van der Waals surface area (Å²) in [4.78, 5) is 10.8. The summed E-state index contributed by atoms with van der Waals surface area (Å²) in [6, 6.07) is 81.2. The van der Waals surface area contributed by atoms with Crippen LogP contribution in [0.2, 0.25) is 0 Å². The van der Waals surface area contributed by atoms with Crippen molar-refractivity contribution in [2.24, 2.45) is 9.98 Å². The largest absolute Gasteiger partial charge is 0.344 e. The first-order valence-corrected chi connectivity index (χ1v) is 22.6. The second kappa shape index (κ2) is 14.4. The van der Waals surface area contributed by atoms with Crippen LogP contribution in [0, 0.1) is 0 Å². The Balaban J connectivity index is 1.02. The molecule has 0 bridgehead atoms. The lowest BCUT2D eigenvalue weighted by Gasteiger charge is -2.27. The van der Waals surface area contributed by atoms with Gasteiger partial charge >= 0.3 is 0 Å². The molecule has 66 heavy (non-hydrogen) atoms. The maximum absolute atomic E-state index is 5.50. The Kier molecular flexibility index (Phi) is 7.98. The van der Waals surface area contributed by atoms with Crippen LogP contribution in [0.5, 0.6) is 0 Å². The van der Waals surface area contributed by atoms with Crippen molar-refractivity contribution in [1.82, 2.24) is 14.5 Å². The van der Waals surface area contributed by atoms with Crippen molar-refractivity contribution in [3.05, 3.63) is 241 Å². The number of hydrogen-bond donors (Lipinski definition) is 1. The fraction of sp³-hybridized carbons (Fsp3) is 0.0164. The second-order valence-electron chi connectivity index (χ2n) is 17.4. The lowest BCUT2D eigenvalue weighted by Crippen LogP contribution is -2.34. The number of benzene rings is 11. The molecular formula is C61H39N5. The van der Waals surface area contributed by atoms with Gasteiger partial charge in [0.05, 0.1) is 27.8 Å². The summed E-state index contributed by atoms with van der Waals surface area (Å²) >= 11 is 0. The average Bonchev–Trinajstić information content (AvgIpc) is 3.89. The number of hydrogen-bond acceptors (Lipinski definition) is 3. The molecule has 5 nitrogen and oxygen atoms in total. The van der Waals surface area contributed by atoms with Gasteiger partial charge in [-0.1, -0.05) is 176 Å². The van der Waals surface area contributed by atoms with E-state index < -0.39 is 6.17 Å². The number of aliphatic imine (C=N–C) groups is 2. The van der Waals surface area contributed by atoms with Crippen molar-refractivity contribution in [2.45, 2.75) is 6.17 Å². The van der Waals surface area contributed by atoms with Gasteiger partial charge in [0, 0.05) is 49.3 Å². The predicted molar refractivity (Wildman–Crippen MR) is 277 cm³/mol. The minimum absolute atomic E-state index is 0.468.